The van der Waals surface area contributed by atoms with E-state index in [0.29, 0.717) is 56.2 Å². The Balaban J connectivity index is 1.22. The number of carbonyl (C=O) groups is 3. The molecule has 12 nitrogen and oxygen atoms in total. The maximum atomic E-state index is 14.6. The van der Waals surface area contributed by atoms with Gasteiger partial charge in [0, 0.05) is 24.1 Å². The lowest BCUT2D eigenvalue weighted by Crippen LogP contribution is -2.58. The number of carbonyl (C=O) groups excluding carboxylic acids is 3. The molecule has 3 heterocycles. The van der Waals surface area contributed by atoms with Crippen molar-refractivity contribution in [3.8, 4) is 6.01 Å². The predicted octanol–water partition coefficient (Wildman–Crippen LogP) is 6.00. The zero-order valence-electron chi connectivity index (χ0n) is 31.4. The number of amides is 3. The molecule has 1 saturated heterocycles. The lowest BCUT2D eigenvalue weighted by Gasteiger charge is -2.30. The molecule has 0 radical (unpaired) electrons. The Kier molecular flexibility index (Phi) is 10.4. The number of alkyl halides is 3. The molecule has 4 aliphatic rings. The number of allylic oxidation sites excluding steroid dienone is 1. The van der Waals surface area contributed by atoms with Gasteiger partial charge in [-0.25, -0.2) is 12.8 Å². The van der Waals surface area contributed by atoms with Gasteiger partial charge in [0.25, 0.3) is 11.9 Å². The van der Waals surface area contributed by atoms with Crippen molar-refractivity contribution in [1.29, 1.82) is 0 Å². The molecule has 2 saturated carbocycles. The molecule has 3 amide bonds. The van der Waals surface area contributed by atoms with E-state index in [-0.39, 0.29) is 43.5 Å². The van der Waals surface area contributed by atoms with Gasteiger partial charge in [-0.2, -0.15) is 18.2 Å². The molecule has 3 fully saturated rings. The van der Waals surface area contributed by atoms with Crippen LogP contribution in [0.2, 0.25) is 0 Å². The van der Waals surface area contributed by atoms with Crippen LogP contribution in [0.25, 0.3) is 11.0 Å². The van der Waals surface area contributed by atoms with Gasteiger partial charge >= 0.3 is 6.18 Å². The molecule has 0 spiro atoms. The number of halogens is 4. The molecule has 2 aromatic carbocycles. The molecule has 302 valence electrons. The van der Waals surface area contributed by atoms with Gasteiger partial charge in [0.15, 0.2) is 0 Å². The average molecular weight is 803 g/mol. The zero-order valence-corrected chi connectivity index (χ0v) is 32.2. The van der Waals surface area contributed by atoms with Crippen molar-refractivity contribution >= 4 is 44.5 Å². The summed E-state index contributed by atoms with van der Waals surface area (Å²) >= 11 is 0. The van der Waals surface area contributed by atoms with E-state index < -0.39 is 79.7 Å². The summed E-state index contributed by atoms with van der Waals surface area (Å²) in [5.41, 5.74) is -1.71. The van der Waals surface area contributed by atoms with Gasteiger partial charge in [0.1, 0.15) is 29.5 Å². The monoisotopic (exact) mass is 802 g/mol. The Morgan fingerprint density at radius 1 is 1.09 bits per heavy atom. The first-order valence-corrected chi connectivity index (χ1v) is 20.5. The summed E-state index contributed by atoms with van der Waals surface area (Å²) in [5, 5.41) is 5.72. The van der Waals surface area contributed by atoms with Crippen LogP contribution in [0.5, 0.6) is 6.01 Å². The minimum Gasteiger partial charge on any atom is -0.459 e. The first kappa shape index (κ1) is 39.6. The van der Waals surface area contributed by atoms with Gasteiger partial charge in [0.05, 0.1) is 27.9 Å². The summed E-state index contributed by atoms with van der Waals surface area (Å²) in [6.07, 6.45) is 1.47. The van der Waals surface area contributed by atoms with Crippen LogP contribution in [0.15, 0.2) is 54.6 Å². The summed E-state index contributed by atoms with van der Waals surface area (Å²) in [6, 6.07) is 7.73. The molecule has 2 aliphatic carbocycles. The number of hydrogen-bond acceptors (Lipinski definition) is 8. The zero-order chi connectivity index (χ0) is 40.2. The lowest BCUT2D eigenvalue weighted by molar-refractivity contribution is -0.140. The fourth-order valence-electron chi connectivity index (χ4n) is 7.73. The molecule has 56 heavy (non-hydrogen) atoms. The van der Waals surface area contributed by atoms with Crippen molar-refractivity contribution < 1.29 is 45.1 Å². The Morgan fingerprint density at radius 2 is 1.84 bits per heavy atom. The number of hydrogen-bond donors (Lipinski definition) is 3. The van der Waals surface area contributed by atoms with Crippen LogP contribution in [0, 0.1) is 11.7 Å². The van der Waals surface area contributed by atoms with Crippen molar-refractivity contribution in [2.75, 3.05) is 11.9 Å². The number of sulfonamides is 1. The number of benzene rings is 2. The summed E-state index contributed by atoms with van der Waals surface area (Å²) in [7, 11) is -4.05. The van der Waals surface area contributed by atoms with E-state index in [1.54, 1.807) is 6.92 Å². The standard InChI is InChI=1S/C39H46F4N6O6S/c1-23(2)49-31-14-10-9-12-29(31)45-36(49)55-26-20-32-33(50)46-38(35(52)47-56(53,54)37(3)17-18-37)21-24(38)11-7-5-4-6-8-13-30(34(51)48(32)22-26)44-25-15-16-28(40)27(19-25)39(41,42)43/h7,9-12,14-16,19,23-24,26,30,32,44H,4-6,8,13,17-18,20-22H2,1-3H3,(H,46,50)(H,47,52)/b11-7-/t24-,26-,30+,32+,38-/m1/s1. The van der Waals surface area contributed by atoms with Gasteiger partial charge < -0.3 is 20.3 Å². The van der Waals surface area contributed by atoms with Gasteiger partial charge in [0.2, 0.25) is 21.8 Å². The van der Waals surface area contributed by atoms with Crippen LogP contribution in [0.1, 0.15) is 90.2 Å². The fourth-order valence-corrected chi connectivity index (χ4v) is 9.05. The maximum Gasteiger partial charge on any atom is 0.419 e. The second-order valence-electron chi connectivity index (χ2n) is 15.9. The Labute approximate surface area is 322 Å². The van der Waals surface area contributed by atoms with Crippen LogP contribution in [-0.4, -0.2) is 75.6 Å². The van der Waals surface area contributed by atoms with Gasteiger partial charge in [-0.1, -0.05) is 37.1 Å². The average Bonchev–Trinajstić information content (AvgIpc) is 3.95. The minimum absolute atomic E-state index is 0.0328. The first-order valence-electron chi connectivity index (χ1n) is 19.1. The molecule has 2 aliphatic heterocycles. The largest absolute Gasteiger partial charge is 0.459 e. The van der Waals surface area contributed by atoms with E-state index in [2.05, 4.69) is 20.3 Å². The molecule has 5 atom stereocenters. The number of aromatic nitrogens is 2. The predicted molar refractivity (Wildman–Crippen MR) is 199 cm³/mol. The Bertz CT molecular complexity index is 2170. The molecule has 0 unspecified atom stereocenters. The van der Waals surface area contributed by atoms with E-state index in [0.717, 1.165) is 11.6 Å². The highest BCUT2D eigenvalue weighted by Crippen LogP contribution is 2.47. The maximum absolute atomic E-state index is 14.6. The number of rotatable bonds is 8. The summed E-state index contributed by atoms with van der Waals surface area (Å²) in [4.78, 5) is 48.9. The Hall–Kier alpha value is -4.67. The normalized spacial score (nSPS) is 27.4. The van der Waals surface area contributed by atoms with Gasteiger partial charge in [-0.15, -0.1) is 0 Å². The smallest absolute Gasteiger partial charge is 0.419 e. The number of ether oxygens (including phenoxy) is 1. The lowest BCUT2D eigenvalue weighted by atomic mass is 10.0. The number of para-hydroxylation sites is 2. The second-order valence-corrected chi connectivity index (χ2v) is 18.1. The number of fused-ring (bicyclic) bond motifs is 3. The first-order chi connectivity index (χ1) is 26.4. The van der Waals surface area contributed by atoms with Crippen molar-refractivity contribution in [1.82, 2.24) is 24.5 Å². The van der Waals surface area contributed by atoms with Crippen molar-refractivity contribution in [3.05, 3.63) is 66.0 Å². The van der Waals surface area contributed by atoms with E-state index in [1.807, 2.05) is 54.8 Å². The van der Waals surface area contributed by atoms with Crippen LogP contribution < -0.4 is 20.1 Å². The van der Waals surface area contributed by atoms with Gasteiger partial charge in [-0.05, 0) is 89.6 Å². The summed E-state index contributed by atoms with van der Waals surface area (Å²) in [5.74, 6) is -4.13. The minimum atomic E-state index is -4.98. The van der Waals surface area contributed by atoms with Crippen LogP contribution in [0.3, 0.4) is 0 Å². The van der Waals surface area contributed by atoms with Crippen LogP contribution >= 0.6 is 0 Å². The van der Waals surface area contributed by atoms with E-state index in [9.17, 15) is 40.4 Å². The molecule has 1 aromatic heterocycles. The summed E-state index contributed by atoms with van der Waals surface area (Å²) < 4.78 is 91.0. The van der Waals surface area contributed by atoms with Crippen molar-refractivity contribution in [2.24, 2.45) is 5.92 Å². The SMILES string of the molecule is CC(C)n1c(O[C@@H]2C[C@H]3C(=O)N[C@]4(C(=O)NS(=O)(=O)C5(C)CC5)C[C@H]4/C=C\CCCCC[C@H](Nc4ccc(F)c(C(F)(F)F)c4)C(=O)N3C2)nc2ccccc21. The topological polar surface area (TPSA) is 152 Å². The summed E-state index contributed by atoms with van der Waals surface area (Å²) in [6.45, 7) is 5.36. The van der Waals surface area contributed by atoms with E-state index in [1.165, 1.54) is 4.90 Å². The van der Waals surface area contributed by atoms with Crippen LogP contribution in [0.4, 0.5) is 23.2 Å². The second kappa shape index (κ2) is 14.7. The fraction of sp³-hybridized carbons (Fsp3) is 0.538. The highest BCUT2D eigenvalue weighted by molar-refractivity contribution is 7.91. The molecular weight excluding hydrogens is 757 g/mol. The van der Waals surface area contributed by atoms with E-state index >= 15 is 0 Å². The number of imidazole rings is 1. The highest BCUT2D eigenvalue weighted by atomic mass is 32.2. The third-order valence-corrected chi connectivity index (χ3v) is 13.6. The molecule has 17 heteroatoms. The van der Waals surface area contributed by atoms with Crippen molar-refractivity contribution in [2.45, 2.75) is 119 Å². The third kappa shape index (κ3) is 7.70. The molecular formula is C39H46F4N6O6S. The molecule has 3 aromatic rings. The van der Waals surface area contributed by atoms with Gasteiger partial charge in [-0.3, -0.25) is 23.7 Å². The number of nitrogens with zero attached hydrogens (tertiary/aromatic N) is 3. The number of anilines is 1. The molecule has 3 N–H and O–H groups in total. The Morgan fingerprint density at radius 3 is 2.55 bits per heavy atom. The molecule has 7 rings (SSSR count). The highest BCUT2D eigenvalue weighted by Gasteiger charge is 2.63. The van der Waals surface area contributed by atoms with Crippen molar-refractivity contribution in [3.63, 3.8) is 0 Å². The molecule has 0 bridgehead atoms. The van der Waals surface area contributed by atoms with E-state index in [4.69, 9.17) is 4.74 Å². The quantitative estimate of drug-likeness (QED) is 0.186. The third-order valence-electron chi connectivity index (χ3n) is 11.4. The van der Waals surface area contributed by atoms with Crippen LogP contribution in [-0.2, 0) is 30.6 Å². The number of nitrogens with one attached hydrogen (secondary N) is 3.